The number of carbonyl (C=O) groups excluding carboxylic acids is 2. The number of phosphoric acid groups is 1. The molecule has 0 rings (SSSR count). The fourth-order valence-electron chi connectivity index (χ4n) is 8.56. The lowest BCUT2D eigenvalue weighted by Crippen LogP contribution is -2.29. The van der Waals surface area contributed by atoms with Gasteiger partial charge in [0.25, 0.3) is 0 Å². The molecule has 0 aromatic carbocycles. The van der Waals surface area contributed by atoms with Crippen molar-refractivity contribution in [1.29, 1.82) is 0 Å². The van der Waals surface area contributed by atoms with Crippen molar-refractivity contribution < 1.29 is 37.6 Å². The highest BCUT2D eigenvalue weighted by Crippen LogP contribution is 2.43. The zero-order valence-electron chi connectivity index (χ0n) is 46.2. The topological polar surface area (TPSA) is 134 Å². The number of allylic oxidation sites excluding steroid dienone is 10. The van der Waals surface area contributed by atoms with Gasteiger partial charge >= 0.3 is 19.8 Å². The fourth-order valence-corrected chi connectivity index (χ4v) is 9.32. The van der Waals surface area contributed by atoms with Crippen LogP contribution in [0.4, 0.5) is 0 Å². The third kappa shape index (κ3) is 56.9. The van der Waals surface area contributed by atoms with Gasteiger partial charge in [-0.05, 0) is 51.4 Å². The van der Waals surface area contributed by atoms with Crippen LogP contribution in [0.15, 0.2) is 60.8 Å². The minimum absolute atomic E-state index is 0.0432. The minimum Gasteiger partial charge on any atom is -0.462 e. The van der Waals surface area contributed by atoms with E-state index in [-0.39, 0.29) is 32.6 Å². The Bertz CT molecular complexity index is 1350. The molecule has 0 bridgehead atoms. The number of carbonyl (C=O) groups is 2. The normalized spacial score (nSPS) is 13.5. The second kappa shape index (κ2) is 57.0. The second-order valence-electron chi connectivity index (χ2n) is 19.8. The van der Waals surface area contributed by atoms with Crippen LogP contribution < -0.4 is 5.73 Å². The fraction of sp³-hybridized carbons (Fsp3) is 0.803. The van der Waals surface area contributed by atoms with Crippen molar-refractivity contribution in [2.75, 3.05) is 26.4 Å². The Hall–Kier alpha value is -2.29. The predicted octanol–water partition coefficient (Wildman–Crippen LogP) is 18.7. The van der Waals surface area contributed by atoms with Gasteiger partial charge in [0, 0.05) is 19.4 Å². The summed E-state index contributed by atoms with van der Waals surface area (Å²) in [6, 6.07) is 0. The molecule has 10 heteroatoms. The Morgan fingerprint density at radius 1 is 0.437 bits per heavy atom. The van der Waals surface area contributed by atoms with Gasteiger partial charge in [-0.1, -0.05) is 280 Å². The molecule has 2 atom stereocenters. The van der Waals surface area contributed by atoms with Gasteiger partial charge in [0.1, 0.15) is 6.61 Å². The second-order valence-corrected chi connectivity index (χ2v) is 21.3. The molecule has 0 fully saturated rings. The van der Waals surface area contributed by atoms with Gasteiger partial charge < -0.3 is 20.1 Å². The summed E-state index contributed by atoms with van der Waals surface area (Å²) in [7, 11) is -4.40. The Labute approximate surface area is 438 Å². The van der Waals surface area contributed by atoms with Crippen molar-refractivity contribution >= 4 is 19.8 Å². The summed E-state index contributed by atoms with van der Waals surface area (Å²) < 4.78 is 32.9. The lowest BCUT2D eigenvalue weighted by atomic mass is 10.0. The number of unbranched alkanes of at least 4 members (excludes halogenated alkanes) is 33. The SMILES string of the molecule is CC/C=C\C/C=C\C/C=C\C/C=C\C/C=C\CCCC(=O)OC(COC(=O)CCCCCCCCCCCCCCCCCCCCCCCCCCCCCCCCCCC)COP(=O)(O)OCCN. The predicted molar refractivity (Wildman–Crippen MR) is 303 cm³/mol. The van der Waals surface area contributed by atoms with Crippen LogP contribution in [-0.2, 0) is 32.7 Å². The van der Waals surface area contributed by atoms with Crippen molar-refractivity contribution in [2.45, 2.75) is 290 Å². The molecule has 0 aliphatic carbocycles. The summed E-state index contributed by atoms with van der Waals surface area (Å²) in [6.07, 6.45) is 71.8. The molecular weight excluding hydrogens is 906 g/mol. The van der Waals surface area contributed by atoms with Crippen molar-refractivity contribution in [3.05, 3.63) is 60.8 Å². The third-order valence-corrected chi connectivity index (χ3v) is 13.9. The van der Waals surface area contributed by atoms with Crippen LogP contribution in [0.3, 0.4) is 0 Å². The zero-order chi connectivity index (χ0) is 51.7. The molecule has 71 heavy (non-hydrogen) atoms. The van der Waals surface area contributed by atoms with Gasteiger partial charge in [0.15, 0.2) is 6.10 Å². The molecular formula is C61H112NO8P. The Morgan fingerprint density at radius 3 is 1.14 bits per heavy atom. The molecule has 9 nitrogen and oxygen atoms in total. The first kappa shape index (κ1) is 68.7. The highest BCUT2D eigenvalue weighted by molar-refractivity contribution is 7.47. The van der Waals surface area contributed by atoms with Gasteiger partial charge in [-0.2, -0.15) is 0 Å². The van der Waals surface area contributed by atoms with E-state index in [2.05, 4.69) is 68.5 Å². The largest absolute Gasteiger partial charge is 0.472 e. The van der Waals surface area contributed by atoms with Crippen molar-refractivity contribution in [2.24, 2.45) is 5.73 Å². The van der Waals surface area contributed by atoms with E-state index in [0.29, 0.717) is 12.8 Å². The maximum Gasteiger partial charge on any atom is 0.472 e. The van der Waals surface area contributed by atoms with E-state index in [9.17, 15) is 19.0 Å². The number of rotatable bonds is 56. The van der Waals surface area contributed by atoms with Crippen molar-refractivity contribution in [3.8, 4) is 0 Å². The standard InChI is InChI=1S/C61H112NO8P/c1-3-5-7-9-11-13-15-17-19-21-22-23-24-25-26-27-28-29-30-31-32-33-34-35-36-38-39-41-43-45-47-49-51-53-60(63)67-57-59(58-69-71(65,66)68-56-55-62)70-61(64)54-52-50-48-46-44-42-40-37-20-18-16-14-12-10-8-6-4-2/h6,8,12,14,18,20,40,42,46,48,59H,3-5,7,9-11,13,15-17,19,21-39,41,43-45,47,49-58,62H2,1-2H3,(H,65,66)/b8-6-,14-12-,20-18-,42-40-,48-46-. The Kier molecular flexibility index (Phi) is 55.2. The maximum atomic E-state index is 12.6. The molecule has 0 saturated heterocycles. The van der Waals surface area contributed by atoms with Crippen LogP contribution in [0.5, 0.6) is 0 Å². The Morgan fingerprint density at radius 2 is 0.775 bits per heavy atom. The first-order valence-electron chi connectivity index (χ1n) is 29.8. The molecule has 0 aromatic rings. The number of nitrogens with two attached hydrogens (primary N) is 1. The van der Waals surface area contributed by atoms with Gasteiger partial charge in [-0.15, -0.1) is 0 Å². The number of hydrogen-bond donors (Lipinski definition) is 2. The van der Waals surface area contributed by atoms with E-state index in [1.54, 1.807) is 0 Å². The van der Waals surface area contributed by atoms with E-state index in [1.165, 1.54) is 193 Å². The van der Waals surface area contributed by atoms with E-state index in [4.69, 9.17) is 24.3 Å². The molecule has 0 amide bonds. The highest BCUT2D eigenvalue weighted by Gasteiger charge is 2.26. The third-order valence-electron chi connectivity index (χ3n) is 12.9. The van der Waals surface area contributed by atoms with E-state index >= 15 is 0 Å². The first-order valence-corrected chi connectivity index (χ1v) is 31.3. The summed E-state index contributed by atoms with van der Waals surface area (Å²) in [5.74, 6) is -0.888. The molecule has 0 spiro atoms. The first-order chi connectivity index (χ1) is 34.8. The number of esters is 2. The number of hydrogen-bond acceptors (Lipinski definition) is 8. The van der Waals surface area contributed by atoms with Gasteiger partial charge in [-0.3, -0.25) is 18.6 Å². The summed E-state index contributed by atoms with van der Waals surface area (Å²) in [6.45, 7) is 3.59. The molecule has 0 aromatic heterocycles. The molecule has 0 aliphatic rings. The van der Waals surface area contributed by atoms with E-state index < -0.39 is 32.5 Å². The number of phosphoric ester groups is 1. The van der Waals surface area contributed by atoms with Crippen LogP contribution >= 0.6 is 7.82 Å². The van der Waals surface area contributed by atoms with Gasteiger partial charge in [-0.25, -0.2) is 4.57 Å². The average Bonchev–Trinajstić information content (AvgIpc) is 3.36. The summed E-state index contributed by atoms with van der Waals surface area (Å²) >= 11 is 0. The summed E-state index contributed by atoms with van der Waals surface area (Å²) in [5.41, 5.74) is 5.37. The van der Waals surface area contributed by atoms with Gasteiger partial charge in [0.05, 0.1) is 13.2 Å². The molecule has 0 radical (unpaired) electrons. The molecule has 3 N–H and O–H groups in total. The summed E-state index contributed by atoms with van der Waals surface area (Å²) in [5, 5.41) is 0. The van der Waals surface area contributed by atoms with Crippen molar-refractivity contribution in [3.63, 3.8) is 0 Å². The zero-order valence-corrected chi connectivity index (χ0v) is 47.1. The minimum atomic E-state index is -4.40. The quantitative estimate of drug-likeness (QED) is 0.0264. The lowest BCUT2D eigenvalue weighted by Gasteiger charge is -2.19. The van der Waals surface area contributed by atoms with Crippen LogP contribution in [0.25, 0.3) is 0 Å². The molecule has 0 saturated carbocycles. The molecule has 414 valence electrons. The monoisotopic (exact) mass is 1020 g/mol. The van der Waals surface area contributed by atoms with Crippen LogP contribution in [0, 0.1) is 0 Å². The van der Waals surface area contributed by atoms with Gasteiger partial charge in [0.2, 0.25) is 0 Å². The summed E-state index contributed by atoms with van der Waals surface area (Å²) in [4.78, 5) is 35.1. The highest BCUT2D eigenvalue weighted by atomic mass is 31.2. The van der Waals surface area contributed by atoms with Crippen LogP contribution in [0.1, 0.15) is 284 Å². The lowest BCUT2D eigenvalue weighted by molar-refractivity contribution is -0.161. The molecule has 0 aliphatic heterocycles. The van der Waals surface area contributed by atoms with E-state index in [0.717, 1.165) is 51.4 Å². The van der Waals surface area contributed by atoms with Crippen molar-refractivity contribution in [1.82, 2.24) is 0 Å². The maximum absolute atomic E-state index is 12.6. The average molecular weight is 1020 g/mol. The molecule has 2 unspecified atom stereocenters. The number of ether oxygens (including phenoxy) is 2. The van der Waals surface area contributed by atoms with Crippen LogP contribution in [-0.4, -0.2) is 49.3 Å². The smallest absolute Gasteiger partial charge is 0.462 e. The Balaban J connectivity index is 3.87. The molecule has 0 heterocycles. The van der Waals surface area contributed by atoms with Crippen LogP contribution in [0.2, 0.25) is 0 Å². The van der Waals surface area contributed by atoms with E-state index in [1.807, 2.05) is 6.08 Å².